The number of hydrogen-bond donors (Lipinski definition) is 2. The normalized spacial score (nSPS) is 12.3. The molecule has 2 N–H and O–H groups in total. The zero-order chi connectivity index (χ0) is 23.5. The van der Waals surface area contributed by atoms with Crippen molar-refractivity contribution in [2.24, 2.45) is 0 Å². The van der Waals surface area contributed by atoms with Gasteiger partial charge in [0.15, 0.2) is 0 Å². The lowest BCUT2D eigenvalue weighted by Crippen LogP contribution is -2.46. The first-order valence-electron chi connectivity index (χ1n) is 10.5. The second-order valence-corrected chi connectivity index (χ2v) is 7.61. The Morgan fingerprint density at radius 2 is 1.44 bits per heavy atom. The van der Waals surface area contributed by atoms with Crippen LogP contribution in [0.4, 0.5) is 4.39 Å². The molecule has 0 amide bonds. The fourth-order valence-corrected chi connectivity index (χ4v) is 3.51. The molecule has 0 fully saturated rings. The highest BCUT2D eigenvalue weighted by atomic mass is 19.1. The maximum atomic E-state index is 13.1. The third kappa shape index (κ3) is 4.68. The smallest absolute Gasteiger partial charge is 0.272 e. The Hall–Kier alpha value is -4.78. The average molecular weight is 451 g/mol. The Balaban J connectivity index is 1.48. The SMILES string of the molecule is O=c1[nH]/c(=C\c2ccc3cccnc3c2)c(=O)[nH]/c1=C\c1cccc(Oc2ccc(F)cc2)c1. The molecule has 0 unspecified atom stereocenters. The molecule has 5 rings (SSSR count). The lowest BCUT2D eigenvalue weighted by Gasteiger charge is -2.06. The molecule has 7 heteroatoms. The first-order chi connectivity index (χ1) is 16.5. The number of rotatable bonds is 4. The number of aromatic nitrogens is 3. The van der Waals surface area contributed by atoms with Crippen LogP contribution in [0.25, 0.3) is 23.1 Å². The average Bonchev–Trinajstić information content (AvgIpc) is 2.84. The van der Waals surface area contributed by atoms with Gasteiger partial charge in [0.05, 0.1) is 5.52 Å². The molecule has 0 aliphatic heterocycles. The largest absolute Gasteiger partial charge is 0.457 e. The van der Waals surface area contributed by atoms with Crippen LogP contribution in [0, 0.1) is 5.82 Å². The van der Waals surface area contributed by atoms with Crippen LogP contribution in [-0.2, 0) is 0 Å². The molecule has 0 spiro atoms. The number of halogens is 1. The van der Waals surface area contributed by atoms with Crippen molar-refractivity contribution < 1.29 is 9.13 Å². The fourth-order valence-electron chi connectivity index (χ4n) is 3.51. The van der Waals surface area contributed by atoms with Crippen molar-refractivity contribution in [3.63, 3.8) is 0 Å². The summed E-state index contributed by atoms with van der Waals surface area (Å²) < 4.78 is 18.8. The van der Waals surface area contributed by atoms with Gasteiger partial charge in [0.1, 0.15) is 28.0 Å². The molecule has 34 heavy (non-hydrogen) atoms. The number of aromatic amines is 2. The van der Waals surface area contributed by atoms with Crippen LogP contribution >= 0.6 is 0 Å². The minimum atomic E-state index is -0.436. The van der Waals surface area contributed by atoms with Crippen molar-refractivity contribution >= 4 is 23.1 Å². The Labute approximate surface area is 192 Å². The summed E-state index contributed by atoms with van der Waals surface area (Å²) >= 11 is 0. The van der Waals surface area contributed by atoms with E-state index in [1.54, 1.807) is 42.6 Å². The van der Waals surface area contributed by atoms with E-state index < -0.39 is 11.1 Å². The van der Waals surface area contributed by atoms with Crippen LogP contribution in [-0.4, -0.2) is 15.0 Å². The number of benzene rings is 3. The predicted molar refractivity (Wildman–Crippen MR) is 129 cm³/mol. The van der Waals surface area contributed by atoms with E-state index in [4.69, 9.17) is 4.74 Å². The number of pyridine rings is 1. The van der Waals surface area contributed by atoms with E-state index in [1.807, 2.05) is 30.3 Å². The minimum Gasteiger partial charge on any atom is -0.457 e. The van der Waals surface area contributed by atoms with Gasteiger partial charge in [-0.1, -0.05) is 30.3 Å². The van der Waals surface area contributed by atoms with Gasteiger partial charge in [0.25, 0.3) is 11.1 Å². The van der Waals surface area contributed by atoms with Crippen LogP contribution in [0.3, 0.4) is 0 Å². The number of hydrogen-bond acceptors (Lipinski definition) is 4. The van der Waals surface area contributed by atoms with Crippen LogP contribution < -0.4 is 26.6 Å². The Morgan fingerprint density at radius 3 is 2.18 bits per heavy atom. The Morgan fingerprint density at radius 1 is 0.735 bits per heavy atom. The first-order valence-corrected chi connectivity index (χ1v) is 10.5. The topological polar surface area (TPSA) is 87.8 Å². The van der Waals surface area contributed by atoms with E-state index in [-0.39, 0.29) is 16.5 Å². The molecule has 2 aromatic heterocycles. The molecule has 0 bridgehead atoms. The Bertz CT molecular complexity index is 1740. The maximum absolute atomic E-state index is 13.1. The van der Waals surface area contributed by atoms with Crippen molar-refractivity contribution in [1.29, 1.82) is 0 Å². The maximum Gasteiger partial charge on any atom is 0.272 e. The zero-order valence-electron chi connectivity index (χ0n) is 17.8. The van der Waals surface area contributed by atoms with Crippen LogP contribution in [0.1, 0.15) is 11.1 Å². The van der Waals surface area contributed by atoms with Crippen molar-refractivity contribution in [3.8, 4) is 11.5 Å². The lowest BCUT2D eigenvalue weighted by atomic mass is 10.1. The monoisotopic (exact) mass is 451 g/mol. The van der Waals surface area contributed by atoms with Gasteiger partial charge in [0, 0.05) is 11.6 Å². The molecular formula is C27H18FN3O3. The molecule has 3 aromatic carbocycles. The van der Waals surface area contributed by atoms with Crippen molar-refractivity contribution in [2.45, 2.75) is 0 Å². The molecule has 0 aliphatic carbocycles. The number of fused-ring (bicyclic) bond motifs is 1. The van der Waals surface area contributed by atoms with E-state index in [0.717, 1.165) is 16.5 Å². The van der Waals surface area contributed by atoms with Crippen LogP contribution in [0.5, 0.6) is 11.5 Å². The van der Waals surface area contributed by atoms with Crippen molar-refractivity contribution in [2.75, 3.05) is 0 Å². The van der Waals surface area contributed by atoms with E-state index in [0.29, 0.717) is 17.1 Å². The number of H-pyrrole nitrogens is 2. The summed E-state index contributed by atoms with van der Waals surface area (Å²) in [5.41, 5.74) is 1.33. The number of ether oxygens (including phenoxy) is 1. The van der Waals surface area contributed by atoms with Crippen molar-refractivity contribution in [3.05, 3.63) is 133 Å². The van der Waals surface area contributed by atoms with E-state index >= 15 is 0 Å². The molecule has 2 heterocycles. The van der Waals surface area contributed by atoms with Gasteiger partial charge >= 0.3 is 0 Å². The quantitative estimate of drug-likeness (QED) is 0.439. The summed E-state index contributed by atoms with van der Waals surface area (Å²) in [7, 11) is 0. The number of nitrogens with zero attached hydrogens (tertiary/aromatic N) is 1. The highest BCUT2D eigenvalue weighted by Gasteiger charge is 2.01. The molecule has 5 aromatic rings. The zero-order valence-corrected chi connectivity index (χ0v) is 17.8. The second-order valence-electron chi connectivity index (χ2n) is 7.61. The van der Waals surface area contributed by atoms with Gasteiger partial charge in [-0.3, -0.25) is 14.6 Å². The summed E-state index contributed by atoms with van der Waals surface area (Å²) in [6.07, 6.45) is 4.86. The fraction of sp³-hybridized carbons (Fsp3) is 0. The third-order valence-electron chi connectivity index (χ3n) is 5.15. The van der Waals surface area contributed by atoms with E-state index in [1.165, 1.54) is 24.3 Å². The summed E-state index contributed by atoms with van der Waals surface area (Å²) in [4.78, 5) is 34.9. The number of nitrogens with one attached hydrogen (secondary N) is 2. The van der Waals surface area contributed by atoms with Crippen LogP contribution in [0.2, 0.25) is 0 Å². The third-order valence-corrected chi connectivity index (χ3v) is 5.15. The van der Waals surface area contributed by atoms with Crippen molar-refractivity contribution in [1.82, 2.24) is 15.0 Å². The van der Waals surface area contributed by atoms with E-state index in [2.05, 4.69) is 15.0 Å². The molecule has 0 aliphatic rings. The highest BCUT2D eigenvalue weighted by Crippen LogP contribution is 2.22. The predicted octanol–water partition coefficient (Wildman–Crippen LogP) is 3.20. The molecule has 0 atom stereocenters. The van der Waals surface area contributed by atoms with Gasteiger partial charge in [-0.25, -0.2) is 4.39 Å². The van der Waals surface area contributed by atoms with Gasteiger partial charge in [-0.15, -0.1) is 0 Å². The van der Waals surface area contributed by atoms with Crippen LogP contribution in [0.15, 0.2) is 94.6 Å². The minimum absolute atomic E-state index is 0.112. The van der Waals surface area contributed by atoms with Gasteiger partial charge < -0.3 is 14.7 Å². The second kappa shape index (κ2) is 8.99. The highest BCUT2D eigenvalue weighted by molar-refractivity contribution is 5.80. The molecule has 6 nitrogen and oxygen atoms in total. The molecule has 0 radical (unpaired) electrons. The summed E-state index contributed by atoms with van der Waals surface area (Å²) in [5.74, 6) is 0.637. The van der Waals surface area contributed by atoms with Gasteiger partial charge in [0.2, 0.25) is 0 Å². The van der Waals surface area contributed by atoms with Gasteiger partial charge in [-0.2, -0.15) is 0 Å². The molecule has 0 saturated heterocycles. The summed E-state index contributed by atoms with van der Waals surface area (Å²) in [6, 6.07) is 22.1. The van der Waals surface area contributed by atoms with Gasteiger partial charge in [-0.05, 0) is 71.8 Å². The summed E-state index contributed by atoms with van der Waals surface area (Å²) in [6.45, 7) is 0. The molecular weight excluding hydrogens is 433 g/mol. The molecule has 0 saturated carbocycles. The molecule has 166 valence electrons. The Kier molecular flexibility index (Phi) is 5.58. The first kappa shape index (κ1) is 21.1. The summed E-state index contributed by atoms with van der Waals surface area (Å²) in [5, 5.41) is 1.24. The van der Waals surface area contributed by atoms with E-state index in [9.17, 15) is 14.0 Å². The standard InChI is InChI=1S/C27H18FN3O3/c28-20-8-10-21(11-9-20)34-22-5-1-3-17(13-22)15-24-26(32)31-25(27(33)30-24)16-18-6-7-19-4-2-12-29-23(19)14-18/h1-16H,(H,30,33)(H,31,32)/b24-15-,25-16-. The lowest BCUT2D eigenvalue weighted by molar-refractivity contribution is 0.480.